The van der Waals surface area contributed by atoms with Crippen LogP contribution in [0.2, 0.25) is 0 Å². The van der Waals surface area contributed by atoms with Gasteiger partial charge in [-0.2, -0.15) is 5.10 Å². The molecule has 1 aromatic rings. The molecule has 0 saturated carbocycles. The van der Waals surface area contributed by atoms with Gasteiger partial charge in [-0.25, -0.2) is 13.6 Å². The smallest absolute Gasteiger partial charge is 0.272 e. The fourth-order valence-electron chi connectivity index (χ4n) is 3.05. The molecule has 2 rings (SSSR count). The van der Waals surface area contributed by atoms with Gasteiger partial charge in [0.1, 0.15) is 5.69 Å². The number of nitrogens with two attached hydrogens (primary N) is 1. The largest absolute Gasteiger partial charge is 0.337 e. The Morgan fingerprint density at radius 2 is 2.17 bits per heavy atom. The summed E-state index contributed by atoms with van der Waals surface area (Å²) >= 11 is 0. The van der Waals surface area contributed by atoms with E-state index in [9.17, 15) is 13.2 Å². The molecule has 1 aliphatic rings. The average molecular weight is 342 g/mol. The zero-order valence-corrected chi connectivity index (χ0v) is 14.8. The maximum atomic E-state index is 12.7. The van der Waals surface area contributed by atoms with Crippen LogP contribution in [0.1, 0.15) is 43.4 Å². The van der Waals surface area contributed by atoms with Gasteiger partial charge in [0.15, 0.2) is 0 Å². The molecule has 1 amide bonds. The molecule has 0 aromatic carbocycles. The number of hydrogen-bond donors (Lipinski definition) is 1. The summed E-state index contributed by atoms with van der Waals surface area (Å²) in [4.78, 5) is 14.4. The van der Waals surface area contributed by atoms with E-state index >= 15 is 0 Å². The van der Waals surface area contributed by atoms with Crippen LogP contribution in [0.25, 0.3) is 0 Å². The first-order valence-electron chi connectivity index (χ1n) is 8.06. The van der Waals surface area contributed by atoms with E-state index < -0.39 is 10.0 Å². The van der Waals surface area contributed by atoms with Crippen LogP contribution < -0.4 is 5.14 Å². The normalized spacial score (nSPS) is 18.8. The van der Waals surface area contributed by atoms with E-state index in [1.165, 1.54) is 0 Å². The van der Waals surface area contributed by atoms with E-state index in [0.717, 1.165) is 12.1 Å². The molecule has 0 radical (unpaired) electrons. The quantitative estimate of drug-likeness (QED) is 0.828. The first kappa shape index (κ1) is 17.9. The number of likely N-dealkylation sites (tertiary alicyclic amines) is 1. The number of carbonyl (C=O) groups excluding carboxylic acids is 1. The topological polar surface area (TPSA) is 98.3 Å². The monoisotopic (exact) mass is 342 g/mol. The van der Waals surface area contributed by atoms with Crippen molar-refractivity contribution in [1.82, 2.24) is 14.7 Å². The molecule has 0 bridgehead atoms. The SMILES string of the molecule is CCn1nc(CC(C)C)cc1C(=O)N1CC[C@H](CS(N)(=O)=O)C1. The number of nitrogens with zero attached hydrogens (tertiary/aromatic N) is 3. The number of aryl methyl sites for hydroxylation is 1. The van der Waals surface area contributed by atoms with Gasteiger partial charge < -0.3 is 4.90 Å². The zero-order valence-electron chi connectivity index (χ0n) is 14.0. The highest BCUT2D eigenvalue weighted by Crippen LogP contribution is 2.20. The summed E-state index contributed by atoms with van der Waals surface area (Å²) in [5, 5.41) is 9.59. The third kappa shape index (κ3) is 4.78. The van der Waals surface area contributed by atoms with Crippen molar-refractivity contribution in [1.29, 1.82) is 0 Å². The molecule has 0 unspecified atom stereocenters. The summed E-state index contributed by atoms with van der Waals surface area (Å²) in [6, 6.07) is 1.86. The second-order valence-electron chi connectivity index (χ2n) is 6.67. The first-order chi connectivity index (χ1) is 10.7. The fourth-order valence-corrected chi connectivity index (χ4v) is 3.97. The Bertz CT molecular complexity index is 666. The first-order valence-corrected chi connectivity index (χ1v) is 9.77. The fraction of sp³-hybridized carbons (Fsp3) is 0.733. The van der Waals surface area contributed by atoms with Gasteiger partial charge in [-0.05, 0) is 37.7 Å². The van der Waals surface area contributed by atoms with Crippen molar-refractivity contribution in [3.63, 3.8) is 0 Å². The highest BCUT2D eigenvalue weighted by atomic mass is 32.2. The molecule has 8 heteroatoms. The van der Waals surface area contributed by atoms with E-state index in [2.05, 4.69) is 18.9 Å². The Kier molecular flexibility index (Phi) is 5.46. The summed E-state index contributed by atoms with van der Waals surface area (Å²) in [5.74, 6) is 0.250. The molecule has 0 aliphatic carbocycles. The molecule has 2 heterocycles. The lowest BCUT2D eigenvalue weighted by atomic mass is 10.1. The second-order valence-corrected chi connectivity index (χ2v) is 8.33. The molecular formula is C15H26N4O3S. The number of primary sulfonamides is 1. The van der Waals surface area contributed by atoms with Crippen LogP contribution in [0.3, 0.4) is 0 Å². The van der Waals surface area contributed by atoms with Gasteiger partial charge in [0.05, 0.1) is 11.4 Å². The summed E-state index contributed by atoms with van der Waals surface area (Å²) in [5.41, 5.74) is 1.50. The molecule has 23 heavy (non-hydrogen) atoms. The van der Waals surface area contributed by atoms with Crippen LogP contribution in [0.5, 0.6) is 0 Å². The van der Waals surface area contributed by atoms with Crippen molar-refractivity contribution in [2.45, 2.75) is 40.2 Å². The maximum absolute atomic E-state index is 12.7. The highest BCUT2D eigenvalue weighted by Gasteiger charge is 2.31. The molecule has 1 saturated heterocycles. The Hall–Kier alpha value is -1.41. The van der Waals surface area contributed by atoms with E-state index in [1.807, 2.05) is 13.0 Å². The van der Waals surface area contributed by atoms with Crippen molar-refractivity contribution < 1.29 is 13.2 Å². The predicted octanol–water partition coefficient (Wildman–Crippen LogP) is 0.852. The summed E-state index contributed by atoms with van der Waals surface area (Å²) in [6.45, 7) is 7.82. The van der Waals surface area contributed by atoms with Gasteiger partial charge in [-0.3, -0.25) is 9.48 Å². The number of amides is 1. The van der Waals surface area contributed by atoms with Crippen molar-refractivity contribution in [2.75, 3.05) is 18.8 Å². The van der Waals surface area contributed by atoms with Gasteiger partial charge in [0.2, 0.25) is 10.0 Å². The van der Waals surface area contributed by atoms with Crippen LogP contribution in [0, 0.1) is 11.8 Å². The van der Waals surface area contributed by atoms with Gasteiger partial charge in [-0.15, -0.1) is 0 Å². The second kappa shape index (κ2) is 7.00. The van der Waals surface area contributed by atoms with E-state index in [-0.39, 0.29) is 17.6 Å². The third-order valence-electron chi connectivity index (χ3n) is 4.01. The molecular weight excluding hydrogens is 316 g/mol. The van der Waals surface area contributed by atoms with Crippen molar-refractivity contribution in [3.8, 4) is 0 Å². The van der Waals surface area contributed by atoms with Crippen LogP contribution in [-0.4, -0.2) is 47.8 Å². The number of hydrogen-bond acceptors (Lipinski definition) is 4. The van der Waals surface area contributed by atoms with Crippen molar-refractivity contribution in [3.05, 3.63) is 17.5 Å². The lowest BCUT2D eigenvalue weighted by Gasteiger charge is -2.16. The number of carbonyl (C=O) groups is 1. The van der Waals surface area contributed by atoms with E-state index in [0.29, 0.717) is 37.7 Å². The molecule has 1 fully saturated rings. The Morgan fingerprint density at radius 3 is 2.74 bits per heavy atom. The van der Waals surface area contributed by atoms with Gasteiger partial charge in [-0.1, -0.05) is 13.8 Å². The predicted molar refractivity (Wildman–Crippen MR) is 88.4 cm³/mol. The molecule has 0 spiro atoms. The zero-order chi connectivity index (χ0) is 17.2. The molecule has 7 nitrogen and oxygen atoms in total. The minimum absolute atomic E-state index is 0.0670. The molecule has 1 aliphatic heterocycles. The Morgan fingerprint density at radius 1 is 1.48 bits per heavy atom. The van der Waals surface area contributed by atoms with Crippen molar-refractivity contribution in [2.24, 2.45) is 17.0 Å². The Labute approximate surface area is 137 Å². The van der Waals surface area contributed by atoms with E-state index in [1.54, 1.807) is 9.58 Å². The molecule has 1 aromatic heterocycles. The van der Waals surface area contributed by atoms with Crippen LogP contribution in [-0.2, 0) is 23.0 Å². The lowest BCUT2D eigenvalue weighted by molar-refractivity contribution is 0.0776. The number of rotatable bonds is 6. The minimum Gasteiger partial charge on any atom is -0.337 e. The van der Waals surface area contributed by atoms with Crippen LogP contribution in [0.4, 0.5) is 0 Å². The highest BCUT2D eigenvalue weighted by molar-refractivity contribution is 7.89. The minimum atomic E-state index is -3.50. The Balaban J connectivity index is 2.10. The molecule has 130 valence electrons. The van der Waals surface area contributed by atoms with Gasteiger partial charge >= 0.3 is 0 Å². The van der Waals surface area contributed by atoms with Crippen LogP contribution >= 0.6 is 0 Å². The standard InChI is InChI=1S/C15H26N4O3S/c1-4-19-14(8-13(17-19)7-11(2)3)15(20)18-6-5-12(9-18)10-23(16,21)22/h8,11-12H,4-7,9-10H2,1-3H3,(H2,16,21,22)/t12-/m0/s1. The summed E-state index contributed by atoms with van der Waals surface area (Å²) < 4.78 is 24.1. The third-order valence-corrected chi connectivity index (χ3v) is 4.94. The molecule has 2 N–H and O–H groups in total. The van der Waals surface area contributed by atoms with Crippen molar-refractivity contribution >= 4 is 15.9 Å². The number of aromatic nitrogens is 2. The average Bonchev–Trinajstić information content (AvgIpc) is 3.02. The van der Waals surface area contributed by atoms with Gasteiger partial charge in [0, 0.05) is 19.6 Å². The molecule has 1 atom stereocenters. The summed E-state index contributed by atoms with van der Waals surface area (Å²) in [6.07, 6.45) is 1.50. The number of sulfonamides is 1. The summed E-state index contributed by atoms with van der Waals surface area (Å²) in [7, 11) is -3.50. The lowest BCUT2D eigenvalue weighted by Crippen LogP contribution is -2.32. The maximum Gasteiger partial charge on any atom is 0.272 e. The van der Waals surface area contributed by atoms with Gasteiger partial charge in [0.25, 0.3) is 5.91 Å². The van der Waals surface area contributed by atoms with E-state index in [4.69, 9.17) is 5.14 Å². The van der Waals surface area contributed by atoms with Crippen LogP contribution in [0.15, 0.2) is 6.07 Å².